The van der Waals surface area contributed by atoms with Crippen LogP contribution in [0, 0.1) is 6.92 Å². The maximum atomic E-state index is 12.6. The maximum Gasteiger partial charge on any atom is 0.252 e. The second kappa shape index (κ2) is 5.82. The predicted molar refractivity (Wildman–Crippen MR) is 84.2 cm³/mol. The highest BCUT2D eigenvalue weighted by atomic mass is 16.1. The largest absolute Gasteiger partial charge is 0.349 e. The van der Waals surface area contributed by atoms with E-state index in [0.717, 1.165) is 42.3 Å². The van der Waals surface area contributed by atoms with Gasteiger partial charge in [0.25, 0.3) is 5.91 Å². The van der Waals surface area contributed by atoms with E-state index in [2.05, 4.69) is 10.3 Å². The first kappa shape index (κ1) is 14.0. The van der Waals surface area contributed by atoms with Crippen LogP contribution in [0.25, 0.3) is 10.9 Å². The Balaban J connectivity index is 1.84. The zero-order valence-electron chi connectivity index (χ0n) is 12.3. The van der Waals surface area contributed by atoms with Crippen molar-refractivity contribution in [3.05, 3.63) is 41.6 Å². The molecule has 0 bridgehead atoms. The number of para-hydroxylation sites is 1. The number of nitrogens with one attached hydrogen (secondary N) is 1. The molecule has 2 aromatic rings. The van der Waals surface area contributed by atoms with Gasteiger partial charge in [-0.1, -0.05) is 18.2 Å². The Morgan fingerprint density at radius 1 is 1.24 bits per heavy atom. The molecule has 3 rings (SSSR count). The first-order valence-electron chi connectivity index (χ1n) is 7.56. The molecule has 1 heterocycles. The monoisotopic (exact) mass is 283 g/mol. The number of amides is 1. The van der Waals surface area contributed by atoms with Gasteiger partial charge < -0.3 is 11.1 Å². The van der Waals surface area contributed by atoms with Crippen molar-refractivity contribution < 1.29 is 4.79 Å². The molecular formula is C17H21N3O. The molecular weight excluding hydrogens is 262 g/mol. The van der Waals surface area contributed by atoms with Gasteiger partial charge in [0.1, 0.15) is 0 Å². The molecule has 1 aromatic carbocycles. The van der Waals surface area contributed by atoms with Crippen molar-refractivity contribution >= 4 is 16.8 Å². The number of aromatic nitrogens is 1. The molecule has 4 nitrogen and oxygen atoms in total. The Labute approximate surface area is 124 Å². The minimum absolute atomic E-state index is 0.00262. The third-order valence-electron chi connectivity index (χ3n) is 4.20. The number of benzene rings is 1. The highest BCUT2D eigenvalue weighted by Gasteiger charge is 2.21. The molecule has 21 heavy (non-hydrogen) atoms. The molecule has 1 saturated carbocycles. The third kappa shape index (κ3) is 3.05. The topological polar surface area (TPSA) is 68.0 Å². The lowest BCUT2D eigenvalue weighted by Crippen LogP contribution is -2.40. The number of nitrogens with zero attached hydrogens (tertiary/aromatic N) is 1. The van der Waals surface area contributed by atoms with E-state index in [4.69, 9.17) is 5.73 Å². The molecule has 3 N–H and O–H groups in total. The van der Waals surface area contributed by atoms with Gasteiger partial charge >= 0.3 is 0 Å². The Hall–Kier alpha value is -1.94. The third-order valence-corrected chi connectivity index (χ3v) is 4.20. The smallest absolute Gasteiger partial charge is 0.252 e. The Bertz CT molecular complexity index is 660. The van der Waals surface area contributed by atoms with Gasteiger partial charge in [-0.15, -0.1) is 0 Å². The van der Waals surface area contributed by atoms with E-state index >= 15 is 0 Å². The Morgan fingerprint density at radius 3 is 2.71 bits per heavy atom. The highest BCUT2D eigenvalue weighted by Crippen LogP contribution is 2.21. The Kier molecular flexibility index (Phi) is 3.88. The molecule has 1 aromatic heterocycles. The fraction of sp³-hybridized carbons (Fsp3) is 0.412. The van der Waals surface area contributed by atoms with Crippen LogP contribution < -0.4 is 11.1 Å². The molecule has 0 unspecified atom stereocenters. The van der Waals surface area contributed by atoms with Gasteiger partial charge in [0.15, 0.2) is 0 Å². The SMILES string of the molecule is Cc1cc(C(=O)NC2CCC(N)CC2)c2ccccc2n1. The number of fused-ring (bicyclic) bond motifs is 1. The molecule has 4 heteroatoms. The lowest BCUT2D eigenvalue weighted by atomic mass is 9.91. The number of aryl methyl sites for hydroxylation is 1. The van der Waals surface area contributed by atoms with Crippen LogP contribution in [-0.4, -0.2) is 23.0 Å². The van der Waals surface area contributed by atoms with E-state index in [1.165, 1.54) is 0 Å². The highest BCUT2D eigenvalue weighted by molar-refractivity contribution is 6.06. The lowest BCUT2D eigenvalue weighted by Gasteiger charge is -2.27. The summed E-state index contributed by atoms with van der Waals surface area (Å²) >= 11 is 0. The van der Waals surface area contributed by atoms with E-state index in [-0.39, 0.29) is 11.9 Å². The van der Waals surface area contributed by atoms with Crippen LogP contribution >= 0.6 is 0 Å². The molecule has 0 spiro atoms. The molecule has 1 aliphatic rings. The molecule has 1 fully saturated rings. The average molecular weight is 283 g/mol. The molecule has 1 amide bonds. The van der Waals surface area contributed by atoms with Crippen LogP contribution in [0.1, 0.15) is 41.7 Å². The molecule has 0 saturated heterocycles. The Morgan fingerprint density at radius 2 is 1.95 bits per heavy atom. The van der Waals surface area contributed by atoms with Crippen molar-refractivity contribution in [2.75, 3.05) is 0 Å². The van der Waals surface area contributed by atoms with E-state index < -0.39 is 0 Å². The molecule has 0 atom stereocenters. The molecule has 1 aliphatic carbocycles. The van der Waals surface area contributed by atoms with Crippen molar-refractivity contribution in [1.82, 2.24) is 10.3 Å². The number of hydrogen-bond donors (Lipinski definition) is 2. The van der Waals surface area contributed by atoms with Gasteiger partial charge in [-0.05, 0) is 44.7 Å². The second-order valence-corrected chi connectivity index (χ2v) is 5.91. The summed E-state index contributed by atoms with van der Waals surface area (Å²) in [7, 11) is 0. The van der Waals surface area contributed by atoms with Crippen molar-refractivity contribution in [3.63, 3.8) is 0 Å². The number of pyridine rings is 1. The summed E-state index contributed by atoms with van der Waals surface area (Å²) in [4.78, 5) is 17.1. The summed E-state index contributed by atoms with van der Waals surface area (Å²) in [6.45, 7) is 1.92. The van der Waals surface area contributed by atoms with Crippen LogP contribution in [0.2, 0.25) is 0 Å². The van der Waals surface area contributed by atoms with Crippen LogP contribution in [-0.2, 0) is 0 Å². The van der Waals surface area contributed by atoms with Gasteiger partial charge in [0.2, 0.25) is 0 Å². The van der Waals surface area contributed by atoms with Gasteiger partial charge in [-0.25, -0.2) is 0 Å². The summed E-state index contributed by atoms with van der Waals surface area (Å²) in [5, 5.41) is 4.06. The summed E-state index contributed by atoms with van der Waals surface area (Å²) in [5.41, 5.74) is 8.36. The van der Waals surface area contributed by atoms with Crippen molar-refractivity contribution in [1.29, 1.82) is 0 Å². The zero-order chi connectivity index (χ0) is 14.8. The number of nitrogens with two attached hydrogens (primary N) is 1. The predicted octanol–water partition coefficient (Wildman–Crippen LogP) is 2.54. The van der Waals surface area contributed by atoms with Crippen LogP contribution in [0.15, 0.2) is 30.3 Å². The van der Waals surface area contributed by atoms with E-state index in [9.17, 15) is 4.79 Å². The van der Waals surface area contributed by atoms with E-state index in [1.807, 2.05) is 37.3 Å². The van der Waals surface area contributed by atoms with Gasteiger partial charge in [-0.3, -0.25) is 9.78 Å². The normalized spacial score (nSPS) is 22.2. The summed E-state index contributed by atoms with van der Waals surface area (Å²) in [6.07, 6.45) is 3.91. The van der Waals surface area contributed by atoms with E-state index in [1.54, 1.807) is 0 Å². The van der Waals surface area contributed by atoms with Crippen molar-refractivity contribution in [3.8, 4) is 0 Å². The standard InChI is InChI=1S/C17H21N3O/c1-11-10-15(14-4-2-3-5-16(14)19-11)17(21)20-13-8-6-12(18)7-9-13/h2-5,10,12-13H,6-9,18H2,1H3,(H,20,21). The lowest BCUT2D eigenvalue weighted by molar-refractivity contribution is 0.0927. The summed E-state index contributed by atoms with van der Waals surface area (Å²) in [6, 6.07) is 10.2. The summed E-state index contributed by atoms with van der Waals surface area (Å²) < 4.78 is 0. The van der Waals surface area contributed by atoms with Crippen LogP contribution in [0.3, 0.4) is 0 Å². The second-order valence-electron chi connectivity index (χ2n) is 5.91. The summed E-state index contributed by atoms with van der Waals surface area (Å²) in [5.74, 6) is -0.00262. The number of carbonyl (C=O) groups excluding carboxylic acids is 1. The maximum absolute atomic E-state index is 12.6. The number of hydrogen-bond acceptors (Lipinski definition) is 3. The van der Waals surface area contributed by atoms with Gasteiger partial charge in [0.05, 0.1) is 11.1 Å². The fourth-order valence-corrected chi connectivity index (χ4v) is 3.02. The van der Waals surface area contributed by atoms with E-state index in [0.29, 0.717) is 11.6 Å². The average Bonchev–Trinajstić information content (AvgIpc) is 2.48. The molecule has 0 radical (unpaired) electrons. The minimum atomic E-state index is -0.00262. The van der Waals surface area contributed by atoms with Crippen molar-refractivity contribution in [2.45, 2.75) is 44.7 Å². The number of rotatable bonds is 2. The quantitative estimate of drug-likeness (QED) is 0.890. The van der Waals surface area contributed by atoms with Gasteiger partial charge in [0, 0.05) is 23.2 Å². The van der Waals surface area contributed by atoms with Crippen molar-refractivity contribution in [2.24, 2.45) is 5.73 Å². The van der Waals surface area contributed by atoms with Crippen LogP contribution in [0.5, 0.6) is 0 Å². The minimum Gasteiger partial charge on any atom is -0.349 e. The molecule has 110 valence electrons. The fourth-order valence-electron chi connectivity index (χ4n) is 3.02. The number of carbonyl (C=O) groups is 1. The first-order chi connectivity index (χ1) is 10.1. The van der Waals surface area contributed by atoms with Gasteiger partial charge in [-0.2, -0.15) is 0 Å². The van der Waals surface area contributed by atoms with Crippen LogP contribution in [0.4, 0.5) is 0 Å². The first-order valence-corrected chi connectivity index (χ1v) is 7.56. The zero-order valence-corrected chi connectivity index (χ0v) is 12.3. The molecule has 0 aliphatic heterocycles.